The lowest BCUT2D eigenvalue weighted by Gasteiger charge is -2.14. The fourth-order valence-corrected chi connectivity index (χ4v) is 3.50. The van der Waals surface area contributed by atoms with Crippen molar-refractivity contribution in [3.63, 3.8) is 0 Å². The van der Waals surface area contributed by atoms with Gasteiger partial charge in [0.15, 0.2) is 0 Å². The van der Waals surface area contributed by atoms with Gasteiger partial charge in [0.25, 0.3) is 9.84 Å². The molecule has 0 bridgehead atoms. The predicted octanol–water partition coefficient (Wildman–Crippen LogP) is -0.820. The van der Waals surface area contributed by atoms with E-state index in [1.807, 2.05) is 0 Å². The molecule has 7 nitrogen and oxygen atoms in total. The van der Waals surface area contributed by atoms with Crippen molar-refractivity contribution in [3.8, 4) is 0 Å². The normalized spacial score (nSPS) is 19.2. The quantitative estimate of drug-likeness (QED) is 0.220. The van der Waals surface area contributed by atoms with E-state index in [0.29, 0.717) is 0 Å². The van der Waals surface area contributed by atoms with Gasteiger partial charge in [-0.3, -0.25) is 0 Å². The number of rotatable bonds is 3. The maximum absolute atomic E-state index is 11.6. The van der Waals surface area contributed by atoms with Crippen LogP contribution in [-0.4, -0.2) is 44.4 Å². The van der Waals surface area contributed by atoms with Crippen LogP contribution in [0.2, 0.25) is 0 Å². The van der Waals surface area contributed by atoms with E-state index in [4.69, 9.17) is 10.3 Å². The van der Waals surface area contributed by atoms with Crippen LogP contribution in [0.15, 0.2) is 24.0 Å². The lowest BCUT2D eigenvalue weighted by molar-refractivity contribution is 0.00753. The Balaban J connectivity index is 3.49. The molecule has 0 amide bonds. The van der Waals surface area contributed by atoms with Gasteiger partial charge in [0.05, 0.1) is 7.11 Å². The van der Waals surface area contributed by atoms with E-state index in [1.165, 1.54) is 19.3 Å². The number of hydrogen-bond donors (Lipinski definition) is 0. The van der Waals surface area contributed by atoms with E-state index >= 15 is 0 Å². The molecule has 0 radical (unpaired) electrons. The van der Waals surface area contributed by atoms with Crippen molar-refractivity contribution in [3.05, 3.63) is 29.5 Å². The van der Waals surface area contributed by atoms with Crippen LogP contribution in [0.25, 0.3) is 5.53 Å². The molecule has 9 heteroatoms. The first kappa shape index (κ1) is 13.4. The van der Waals surface area contributed by atoms with Crippen molar-refractivity contribution in [2.24, 2.45) is 0 Å². The van der Waals surface area contributed by atoms with Crippen LogP contribution in [-0.2, 0) is 24.9 Å². The molecule has 0 N–H and O–H groups in total. The van der Waals surface area contributed by atoms with E-state index in [2.05, 4.69) is 4.79 Å². The van der Waals surface area contributed by atoms with Crippen molar-refractivity contribution >= 4 is 30.5 Å². The Morgan fingerprint density at radius 1 is 1.53 bits per heavy atom. The molecule has 1 rings (SSSR count). The van der Waals surface area contributed by atoms with Crippen LogP contribution in [0.5, 0.6) is 0 Å². The molecule has 0 spiro atoms. The zero-order chi connectivity index (χ0) is 13.1. The van der Waals surface area contributed by atoms with Gasteiger partial charge in [0, 0.05) is 0 Å². The number of sulfone groups is 1. The topological polar surface area (TPSA) is 114 Å². The van der Waals surface area contributed by atoms with Crippen LogP contribution >= 0.6 is 0 Å². The van der Waals surface area contributed by atoms with E-state index in [9.17, 15) is 16.8 Å². The first-order chi connectivity index (χ1) is 7.94. The second-order valence-corrected chi connectivity index (χ2v) is 5.76. The standard InChI is InChI=1S/C8H8N2O5S2/c1-15-6-3-2-4-7(8(6)16(11)12)17(13,14)5-10-9/h2-5,7H,1H3. The van der Waals surface area contributed by atoms with Crippen molar-refractivity contribution in [2.75, 3.05) is 7.11 Å². The third-order valence-corrected chi connectivity index (χ3v) is 4.43. The highest BCUT2D eigenvalue weighted by Gasteiger charge is 2.35. The molecule has 0 aliphatic heterocycles. The largest absolute Gasteiger partial charge is 0.495 e. The average Bonchev–Trinajstić information content (AvgIpc) is 2.27. The van der Waals surface area contributed by atoms with E-state index < -0.39 is 30.2 Å². The lowest BCUT2D eigenvalue weighted by atomic mass is 10.1. The summed E-state index contributed by atoms with van der Waals surface area (Å²) in [6.45, 7) is 0. The van der Waals surface area contributed by atoms with Crippen LogP contribution in [0.3, 0.4) is 0 Å². The van der Waals surface area contributed by atoms with Gasteiger partial charge in [0.2, 0.25) is 10.3 Å². The first-order valence-corrected chi connectivity index (χ1v) is 6.92. The van der Waals surface area contributed by atoms with Crippen molar-refractivity contribution in [1.29, 1.82) is 0 Å². The lowest BCUT2D eigenvalue weighted by Crippen LogP contribution is -2.33. The summed E-state index contributed by atoms with van der Waals surface area (Å²) < 4.78 is 50.1. The Morgan fingerprint density at radius 3 is 2.65 bits per heavy atom. The summed E-state index contributed by atoms with van der Waals surface area (Å²) in [4.78, 5) is 1.98. The van der Waals surface area contributed by atoms with Gasteiger partial charge in [-0.1, -0.05) is 12.2 Å². The monoisotopic (exact) mass is 276 g/mol. The van der Waals surface area contributed by atoms with Gasteiger partial charge in [-0.2, -0.15) is 13.2 Å². The zero-order valence-electron chi connectivity index (χ0n) is 8.64. The minimum Gasteiger partial charge on any atom is -0.495 e. The van der Waals surface area contributed by atoms with Crippen molar-refractivity contribution in [1.82, 2.24) is 0 Å². The molecule has 0 aromatic heterocycles. The summed E-state index contributed by atoms with van der Waals surface area (Å²) in [6, 6.07) is 0. The Hall–Kier alpha value is -1.70. The molecule has 0 fully saturated rings. The van der Waals surface area contributed by atoms with Crippen molar-refractivity contribution in [2.45, 2.75) is 5.25 Å². The number of nitrogens with zero attached hydrogens (tertiary/aromatic N) is 2. The maximum Gasteiger partial charge on any atom is 0.371 e. The first-order valence-electron chi connectivity index (χ1n) is 4.24. The molecule has 0 aromatic carbocycles. The van der Waals surface area contributed by atoms with Crippen molar-refractivity contribution < 1.29 is 26.4 Å². The zero-order valence-corrected chi connectivity index (χ0v) is 10.3. The maximum atomic E-state index is 11.6. The second kappa shape index (κ2) is 5.09. The van der Waals surface area contributed by atoms with Gasteiger partial charge in [-0.25, -0.2) is 8.42 Å². The van der Waals surface area contributed by atoms with Gasteiger partial charge in [-0.05, 0) is 6.08 Å². The second-order valence-electron chi connectivity index (χ2n) is 2.95. The van der Waals surface area contributed by atoms with Gasteiger partial charge < -0.3 is 10.3 Å². The molecule has 0 aromatic rings. The molecule has 1 aliphatic rings. The highest BCUT2D eigenvalue weighted by Crippen LogP contribution is 2.16. The highest BCUT2D eigenvalue weighted by atomic mass is 32.2. The summed E-state index contributed by atoms with van der Waals surface area (Å²) in [5, 5.41) is -1.45. The van der Waals surface area contributed by atoms with Gasteiger partial charge >= 0.3 is 5.55 Å². The van der Waals surface area contributed by atoms with E-state index in [0.717, 1.165) is 6.08 Å². The molecule has 1 aliphatic carbocycles. The van der Waals surface area contributed by atoms with E-state index in [-0.39, 0.29) is 11.3 Å². The molecule has 0 saturated carbocycles. The summed E-state index contributed by atoms with van der Waals surface area (Å²) in [6.07, 6.45) is 3.83. The molecule has 17 heavy (non-hydrogen) atoms. The summed E-state index contributed by atoms with van der Waals surface area (Å²) in [7, 11) is -5.59. The van der Waals surface area contributed by atoms with E-state index in [1.54, 1.807) is 0 Å². The molecule has 0 heterocycles. The summed E-state index contributed by atoms with van der Waals surface area (Å²) in [5.74, 6) is -0.0688. The fraction of sp³-hybridized carbons (Fsp3) is 0.250. The van der Waals surface area contributed by atoms with Gasteiger partial charge in [0.1, 0.15) is 15.9 Å². The Labute approximate surface area is 99.1 Å². The van der Waals surface area contributed by atoms with Crippen LogP contribution in [0, 0.1) is 0 Å². The van der Waals surface area contributed by atoms with Crippen LogP contribution in [0.1, 0.15) is 0 Å². The number of allylic oxidation sites excluding steroid dienone is 3. The molecule has 0 saturated heterocycles. The molecule has 1 atom stereocenters. The summed E-state index contributed by atoms with van der Waals surface area (Å²) in [5.41, 5.74) is 8.52. The predicted molar refractivity (Wildman–Crippen MR) is 60.6 cm³/mol. The Bertz CT molecular complexity index is 655. The highest BCUT2D eigenvalue weighted by molar-refractivity contribution is 8.06. The van der Waals surface area contributed by atoms with Gasteiger partial charge in [-0.15, -0.1) is 0 Å². The number of hydrogen-bond acceptors (Lipinski definition) is 5. The third kappa shape index (κ3) is 2.70. The molecular weight excluding hydrogens is 268 g/mol. The third-order valence-electron chi connectivity index (χ3n) is 1.98. The molecular formula is C8H8N2O5S2. The van der Waals surface area contributed by atoms with Crippen LogP contribution in [0.4, 0.5) is 0 Å². The fourth-order valence-electron chi connectivity index (χ4n) is 1.29. The van der Waals surface area contributed by atoms with Crippen LogP contribution < -0.4 is 0 Å². The number of ether oxygens (including phenoxy) is 1. The Morgan fingerprint density at radius 2 is 2.18 bits per heavy atom. The summed E-state index contributed by atoms with van der Waals surface area (Å²) >= 11 is 0. The minimum absolute atomic E-state index is 0.0688. The molecule has 92 valence electrons. The Kier molecular flexibility index (Phi) is 4.00. The minimum atomic E-state index is -4.05. The molecule has 1 unspecified atom stereocenters. The average molecular weight is 276 g/mol. The smallest absolute Gasteiger partial charge is 0.371 e. The SMILES string of the molecule is COC1=CC=CC(S(=O)(=O)C=[N+]=[N-])C1=S(=O)=O. The number of methoxy groups -OCH3 is 1.